The molecule has 4 aromatic rings. The standard InChI is InChI=1S/C31H29F2N3O4/c1-2-15-38-28-8-4-7-26-22(28)17-27(36(26)19-23-24(32)5-3-6-25(23)33)31(37)35-13-11-34(12-14-35)18-21-9-10-29-30(16-21)40-20-39-29/h2-10,16-17H,1,11-15,18-20H2. The summed E-state index contributed by atoms with van der Waals surface area (Å²) in [5, 5.41) is 0.700. The van der Waals surface area contributed by atoms with Gasteiger partial charge in [-0.3, -0.25) is 9.69 Å². The number of piperazine rings is 1. The number of hydrogen-bond acceptors (Lipinski definition) is 5. The number of fused-ring (bicyclic) bond motifs is 2. The first-order valence-corrected chi connectivity index (χ1v) is 13.2. The average molecular weight is 546 g/mol. The number of carbonyl (C=O) groups is 1. The normalized spacial score (nSPS) is 15.0. The molecule has 6 rings (SSSR count). The van der Waals surface area contributed by atoms with E-state index in [-0.39, 0.29) is 24.8 Å². The first kappa shape index (κ1) is 25.9. The highest BCUT2D eigenvalue weighted by atomic mass is 19.1. The molecule has 0 atom stereocenters. The van der Waals surface area contributed by atoms with Gasteiger partial charge in [-0.25, -0.2) is 8.78 Å². The Morgan fingerprint density at radius 2 is 1.68 bits per heavy atom. The predicted octanol–water partition coefficient (Wildman–Crippen LogP) is 5.22. The van der Waals surface area contributed by atoms with Crippen LogP contribution in [0.25, 0.3) is 10.9 Å². The van der Waals surface area contributed by atoms with Crippen molar-refractivity contribution >= 4 is 16.8 Å². The van der Waals surface area contributed by atoms with Gasteiger partial charge in [-0.15, -0.1) is 0 Å². The van der Waals surface area contributed by atoms with Gasteiger partial charge in [0.1, 0.15) is 29.7 Å². The third-order valence-corrected chi connectivity index (χ3v) is 7.36. The van der Waals surface area contributed by atoms with Crippen molar-refractivity contribution in [1.29, 1.82) is 0 Å². The quantitative estimate of drug-likeness (QED) is 0.284. The van der Waals surface area contributed by atoms with Crippen LogP contribution in [0.15, 0.2) is 73.3 Å². The summed E-state index contributed by atoms with van der Waals surface area (Å²) in [4.78, 5) is 18.0. The van der Waals surface area contributed by atoms with E-state index >= 15 is 0 Å². The molecule has 0 radical (unpaired) electrons. The van der Waals surface area contributed by atoms with Crippen molar-refractivity contribution in [3.05, 3.63) is 102 Å². The van der Waals surface area contributed by atoms with E-state index in [1.807, 2.05) is 30.3 Å². The zero-order chi connectivity index (χ0) is 27.6. The fraction of sp³-hybridized carbons (Fsp3) is 0.258. The summed E-state index contributed by atoms with van der Waals surface area (Å²) in [6.45, 7) is 7.27. The first-order valence-electron chi connectivity index (χ1n) is 13.2. The lowest BCUT2D eigenvalue weighted by Crippen LogP contribution is -2.48. The molecule has 0 saturated carbocycles. The minimum atomic E-state index is -0.656. The number of halogens is 2. The highest BCUT2D eigenvalue weighted by Crippen LogP contribution is 2.33. The van der Waals surface area contributed by atoms with E-state index in [2.05, 4.69) is 11.5 Å². The molecular formula is C31H29F2N3O4. The van der Waals surface area contributed by atoms with Gasteiger partial charge >= 0.3 is 0 Å². The van der Waals surface area contributed by atoms with Crippen molar-refractivity contribution in [3.63, 3.8) is 0 Å². The molecule has 3 aromatic carbocycles. The number of aromatic nitrogens is 1. The summed E-state index contributed by atoms with van der Waals surface area (Å²) in [6, 6.07) is 16.9. The maximum Gasteiger partial charge on any atom is 0.270 e. The Morgan fingerprint density at radius 1 is 0.925 bits per heavy atom. The zero-order valence-electron chi connectivity index (χ0n) is 21.9. The molecule has 1 aromatic heterocycles. The van der Waals surface area contributed by atoms with Crippen LogP contribution in [0.2, 0.25) is 0 Å². The molecule has 2 aliphatic rings. The van der Waals surface area contributed by atoms with Gasteiger partial charge in [0, 0.05) is 43.7 Å². The van der Waals surface area contributed by atoms with Gasteiger partial charge in [0.15, 0.2) is 11.5 Å². The van der Waals surface area contributed by atoms with Crippen LogP contribution < -0.4 is 14.2 Å². The van der Waals surface area contributed by atoms with E-state index in [1.54, 1.807) is 27.7 Å². The highest BCUT2D eigenvalue weighted by molar-refractivity contribution is 6.00. The van der Waals surface area contributed by atoms with E-state index in [9.17, 15) is 13.6 Å². The molecule has 9 heteroatoms. The Morgan fingerprint density at radius 3 is 2.45 bits per heavy atom. The number of rotatable bonds is 8. The van der Waals surface area contributed by atoms with E-state index in [1.165, 1.54) is 18.2 Å². The van der Waals surface area contributed by atoms with Crippen molar-refractivity contribution < 1.29 is 27.8 Å². The van der Waals surface area contributed by atoms with Crippen LogP contribution in [0.1, 0.15) is 21.6 Å². The Kier molecular flexibility index (Phi) is 7.13. The van der Waals surface area contributed by atoms with E-state index in [4.69, 9.17) is 14.2 Å². The molecule has 1 saturated heterocycles. The number of amides is 1. The Labute approximate surface area is 230 Å². The van der Waals surface area contributed by atoms with Gasteiger partial charge in [-0.05, 0) is 48.0 Å². The van der Waals surface area contributed by atoms with Gasteiger partial charge in [0.25, 0.3) is 5.91 Å². The van der Waals surface area contributed by atoms with Gasteiger partial charge < -0.3 is 23.7 Å². The monoisotopic (exact) mass is 545 g/mol. The second kappa shape index (κ2) is 11.0. The molecule has 0 spiro atoms. The topological polar surface area (TPSA) is 56.2 Å². The van der Waals surface area contributed by atoms with Crippen molar-refractivity contribution in [2.45, 2.75) is 13.1 Å². The van der Waals surface area contributed by atoms with E-state index < -0.39 is 11.6 Å². The molecule has 0 bridgehead atoms. The summed E-state index contributed by atoms with van der Waals surface area (Å²) in [5.41, 5.74) is 2.04. The average Bonchev–Trinajstić information content (AvgIpc) is 3.58. The number of hydrogen-bond donors (Lipinski definition) is 0. The fourth-order valence-electron chi connectivity index (χ4n) is 5.29. The summed E-state index contributed by atoms with van der Waals surface area (Å²) in [7, 11) is 0. The highest BCUT2D eigenvalue weighted by Gasteiger charge is 2.27. The van der Waals surface area contributed by atoms with Crippen LogP contribution in [0.4, 0.5) is 8.78 Å². The predicted molar refractivity (Wildman–Crippen MR) is 147 cm³/mol. The molecule has 206 valence electrons. The molecule has 0 N–H and O–H groups in total. The fourth-order valence-corrected chi connectivity index (χ4v) is 5.29. The SMILES string of the molecule is C=CCOc1cccc2c1cc(C(=O)N1CCN(Cc3ccc4c(c3)OCO4)CC1)n2Cc1c(F)cccc1F. The lowest BCUT2D eigenvalue weighted by molar-refractivity contribution is 0.0618. The van der Waals surface area contributed by atoms with Crippen LogP contribution >= 0.6 is 0 Å². The Hall–Kier alpha value is -4.37. The van der Waals surface area contributed by atoms with Crippen LogP contribution in [-0.4, -0.2) is 59.9 Å². The second-order valence-electron chi connectivity index (χ2n) is 9.86. The Bertz CT molecular complexity index is 1560. The maximum atomic E-state index is 14.7. The zero-order valence-corrected chi connectivity index (χ0v) is 21.9. The molecule has 3 heterocycles. The summed E-state index contributed by atoms with van der Waals surface area (Å²) in [5.74, 6) is 0.579. The van der Waals surface area contributed by atoms with Gasteiger partial charge in [-0.2, -0.15) is 0 Å². The second-order valence-corrected chi connectivity index (χ2v) is 9.86. The van der Waals surface area contributed by atoms with Gasteiger partial charge in [0.05, 0.1) is 12.1 Å². The molecule has 0 aliphatic carbocycles. The van der Waals surface area contributed by atoms with Crippen molar-refractivity contribution in [3.8, 4) is 17.2 Å². The molecule has 7 nitrogen and oxygen atoms in total. The smallest absolute Gasteiger partial charge is 0.270 e. The molecular weight excluding hydrogens is 516 g/mol. The molecule has 1 fully saturated rings. The van der Waals surface area contributed by atoms with E-state index in [0.29, 0.717) is 55.1 Å². The number of ether oxygens (including phenoxy) is 3. The van der Waals surface area contributed by atoms with Gasteiger partial charge in [0.2, 0.25) is 6.79 Å². The van der Waals surface area contributed by atoms with Crippen molar-refractivity contribution in [2.75, 3.05) is 39.6 Å². The summed E-state index contributed by atoms with van der Waals surface area (Å²) in [6.07, 6.45) is 1.64. The Balaban J connectivity index is 1.25. The third kappa shape index (κ3) is 5.00. The van der Waals surface area contributed by atoms with Crippen molar-refractivity contribution in [1.82, 2.24) is 14.4 Å². The first-order chi connectivity index (χ1) is 19.5. The van der Waals surface area contributed by atoms with Crippen LogP contribution in [0.5, 0.6) is 17.2 Å². The lowest BCUT2D eigenvalue weighted by Gasteiger charge is -2.35. The van der Waals surface area contributed by atoms with Crippen LogP contribution in [0, 0.1) is 11.6 Å². The molecule has 40 heavy (non-hydrogen) atoms. The largest absolute Gasteiger partial charge is 0.489 e. The lowest BCUT2D eigenvalue weighted by atomic mass is 10.1. The van der Waals surface area contributed by atoms with Crippen LogP contribution in [0.3, 0.4) is 0 Å². The molecule has 2 aliphatic heterocycles. The minimum absolute atomic E-state index is 0.0972. The minimum Gasteiger partial charge on any atom is -0.489 e. The summed E-state index contributed by atoms with van der Waals surface area (Å²) < 4.78 is 47.7. The molecule has 1 amide bonds. The van der Waals surface area contributed by atoms with E-state index in [0.717, 1.165) is 23.6 Å². The van der Waals surface area contributed by atoms with Crippen LogP contribution in [-0.2, 0) is 13.1 Å². The van der Waals surface area contributed by atoms with Gasteiger partial charge in [-0.1, -0.05) is 30.9 Å². The maximum absolute atomic E-state index is 14.7. The molecule has 0 unspecified atom stereocenters. The number of nitrogens with zero attached hydrogens (tertiary/aromatic N) is 3. The number of carbonyl (C=O) groups excluding carboxylic acids is 1. The third-order valence-electron chi connectivity index (χ3n) is 7.36. The number of benzene rings is 3. The van der Waals surface area contributed by atoms with Crippen molar-refractivity contribution in [2.24, 2.45) is 0 Å². The summed E-state index contributed by atoms with van der Waals surface area (Å²) >= 11 is 0.